The molecule has 0 aliphatic carbocycles. The third-order valence-electron chi connectivity index (χ3n) is 2.46. The van der Waals surface area contributed by atoms with Crippen LogP contribution >= 0.6 is 31.9 Å². The van der Waals surface area contributed by atoms with Crippen molar-refractivity contribution in [2.24, 2.45) is 5.14 Å². The minimum atomic E-state index is -3.81. The number of carbonyl (C=O) groups is 1. The van der Waals surface area contributed by atoms with Crippen LogP contribution in [0.3, 0.4) is 0 Å². The van der Waals surface area contributed by atoms with Gasteiger partial charge in [0.15, 0.2) is 0 Å². The monoisotopic (exact) mass is 433 g/mol. The van der Waals surface area contributed by atoms with E-state index in [1.165, 1.54) is 24.4 Å². The van der Waals surface area contributed by atoms with E-state index < -0.39 is 10.0 Å². The number of halogens is 2. The number of nitrogens with one attached hydrogen (secondary N) is 1. The standard InChI is InChI=1S/C12H9Br2N3O3S/c13-8-3-7(5-16-6-8)12(18)17-9-1-2-11(10(14)4-9)21(15,19)20/h1-6H,(H,17,18)(H2,15,19,20). The molecule has 1 aromatic heterocycles. The maximum atomic E-state index is 12.0. The molecule has 1 heterocycles. The first-order chi connectivity index (χ1) is 9.77. The second kappa shape index (κ2) is 6.22. The lowest BCUT2D eigenvalue weighted by atomic mass is 10.2. The zero-order valence-corrected chi connectivity index (χ0v) is 14.4. The molecule has 0 unspecified atom stereocenters. The minimum Gasteiger partial charge on any atom is -0.322 e. The van der Waals surface area contributed by atoms with E-state index in [1.807, 2.05) is 0 Å². The Morgan fingerprint density at radius 2 is 1.90 bits per heavy atom. The van der Waals surface area contributed by atoms with Crippen molar-refractivity contribution < 1.29 is 13.2 Å². The van der Waals surface area contributed by atoms with Crippen LogP contribution in [0.1, 0.15) is 10.4 Å². The van der Waals surface area contributed by atoms with Gasteiger partial charge in [0.2, 0.25) is 10.0 Å². The Balaban J connectivity index is 2.25. The van der Waals surface area contributed by atoms with E-state index in [1.54, 1.807) is 12.3 Å². The quantitative estimate of drug-likeness (QED) is 0.774. The van der Waals surface area contributed by atoms with Gasteiger partial charge in [0.1, 0.15) is 0 Å². The fraction of sp³-hybridized carbons (Fsp3) is 0. The largest absolute Gasteiger partial charge is 0.322 e. The molecule has 9 heteroatoms. The van der Waals surface area contributed by atoms with Gasteiger partial charge in [0.25, 0.3) is 5.91 Å². The smallest absolute Gasteiger partial charge is 0.257 e. The second-order valence-electron chi connectivity index (χ2n) is 4.04. The Labute approximate surface area is 138 Å². The topological polar surface area (TPSA) is 102 Å². The summed E-state index contributed by atoms with van der Waals surface area (Å²) >= 11 is 6.34. The van der Waals surface area contributed by atoms with Crippen LogP contribution in [0.4, 0.5) is 5.69 Å². The number of pyridine rings is 1. The normalized spacial score (nSPS) is 11.2. The summed E-state index contributed by atoms with van der Waals surface area (Å²) in [6.45, 7) is 0. The molecule has 21 heavy (non-hydrogen) atoms. The molecule has 0 fully saturated rings. The number of sulfonamides is 1. The molecule has 1 aromatic carbocycles. The average molecular weight is 435 g/mol. The van der Waals surface area contributed by atoms with E-state index in [0.717, 1.165) is 0 Å². The number of hydrogen-bond acceptors (Lipinski definition) is 4. The summed E-state index contributed by atoms with van der Waals surface area (Å²) in [5.74, 6) is -0.362. The predicted molar refractivity (Wildman–Crippen MR) is 85.4 cm³/mol. The molecule has 110 valence electrons. The fourth-order valence-corrected chi connectivity index (χ4v) is 3.56. The van der Waals surface area contributed by atoms with Crippen LogP contribution in [0.2, 0.25) is 0 Å². The van der Waals surface area contributed by atoms with E-state index >= 15 is 0 Å². The summed E-state index contributed by atoms with van der Waals surface area (Å²) in [5.41, 5.74) is 0.801. The Bertz CT molecular complexity index is 809. The van der Waals surface area contributed by atoms with Crippen LogP contribution in [0, 0.1) is 0 Å². The van der Waals surface area contributed by atoms with Gasteiger partial charge in [-0.05, 0) is 56.1 Å². The van der Waals surface area contributed by atoms with Gasteiger partial charge in [-0.15, -0.1) is 0 Å². The van der Waals surface area contributed by atoms with Crippen molar-refractivity contribution in [3.8, 4) is 0 Å². The Morgan fingerprint density at radius 3 is 2.48 bits per heavy atom. The molecular formula is C12H9Br2N3O3S. The van der Waals surface area contributed by atoms with Crippen molar-refractivity contribution >= 4 is 53.5 Å². The van der Waals surface area contributed by atoms with Gasteiger partial charge in [-0.2, -0.15) is 0 Å². The SMILES string of the molecule is NS(=O)(=O)c1ccc(NC(=O)c2cncc(Br)c2)cc1Br. The number of anilines is 1. The number of benzene rings is 1. The van der Waals surface area contributed by atoms with Crippen molar-refractivity contribution in [1.29, 1.82) is 0 Å². The van der Waals surface area contributed by atoms with Gasteiger partial charge in [-0.3, -0.25) is 9.78 Å². The van der Waals surface area contributed by atoms with Crippen LogP contribution in [0.5, 0.6) is 0 Å². The van der Waals surface area contributed by atoms with Gasteiger partial charge >= 0.3 is 0 Å². The van der Waals surface area contributed by atoms with Crippen LogP contribution in [-0.2, 0) is 10.0 Å². The first-order valence-corrected chi connectivity index (χ1v) is 8.65. The molecule has 2 rings (SSSR count). The van der Waals surface area contributed by atoms with E-state index in [0.29, 0.717) is 15.7 Å². The number of hydrogen-bond donors (Lipinski definition) is 2. The number of nitrogens with two attached hydrogens (primary N) is 1. The van der Waals surface area contributed by atoms with Gasteiger partial charge < -0.3 is 5.32 Å². The van der Waals surface area contributed by atoms with Gasteiger partial charge in [-0.25, -0.2) is 13.6 Å². The molecule has 3 N–H and O–H groups in total. The second-order valence-corrected chi connectivity index (χ2v) is 7.34. The summed E-state index contributed by atoms with van der Waals surface area (Å²) in [5, 5.41) is 7.70. The molecule has 1 amide bonds. The van der Waals surface area contributed by atoms with Crippen molar-refractivity contribution in [2.75, 3.05) is 5.32 Å². The van der Waals surface area contributed by atoms with Crippen LogP contribution in [0.25, 0.3) is 0 Å². The third kappa shape index (κ3) is 4.10. The zero-order chi connectivity index (χ0) is 15.6. The summed E-state index contributed by atoms with van der Waals surface area (Å²) in [6, 6.07) is 5.85. The molecule has 0 aliphatic heterocycles. The highest BCUT2D eigenvalue weighted by Gasteiger charge is 2.14. The lowest BCUT2D eigenvalue weighted by molar-refractivity contribution is 0.102. The van der Waals surface area contributed by atoms with Crippen molar-refractivity contribution in [2.45, 2.75) is 4.90 Å². The molecule has 0 aliphatic rings. The molecule has 0 saturated carbocycles. The van der Waals surface area contributed by atoms with Gasteiger partial charge in [0.05, 0.1) is 10.5 Å². The molecule has 6 nitrogen and oxygen atoms in total. The number of amides is 1. The molecule has 0 saturated heterocycles. The van der Waals surface area contributed by atoms with E-state index in [9.17, 15) is 13.2 Å². The lowest BCUT2D eigenvalue weighted by Crippen LogP contribution is -2.14. The first kappa shape index (κ1) is 16.1. The molecular weight excluding hydrogens is 426 g/mol. The number of primary sulfonamides is 1. The highest BCUT2D eigenvalue weighted by Crippen LogP contribution is 2.25. The molecule has 0 bridgehead atoms. The highest BCUT2D eigenvalue weighted by atomic mass is 79.9. The van der Waals surface area contributed by atoms with E-state index in [2.05, 4.69) is 42.2 Å². The van der Waals surface area contributed by atoms with Crippen molar-refractivity contribution in [1.82, 2.24) is 4.98 Å². The number of rotatable bonds is 3. The molecule has 2 aromatic rings. The Morgan fingerprint density at radius 1 is 1.19 bits per heavy atom. The maximum Gasteiger partial charge on any atom is 0.257 e. The summed E-state index contributed by atoms with van der Waals surface area (Å²) in [6.07, 6.45) is 2.99. The van der Waals surface area contributed by atoms with Crippen molar-refractivity contribution in [3.63, 3.8) is 0 Å². The molecule has 0 radical (unpaired) electrons. The van der Waals surface area contributed by atoms with Crippen LogP contribution < -0.4 is 10.5 Å². The van der Waals surface area contributed by atoms with E-state index in [-0.39, 0.29) is 15.3 Å². The van der Waals surface area contributed by atoms with Gasteiger partial charge in [0, 0.05) is 27.0 Å². The zero-order valence-electron chi connectivity index (χ0n) is 10.4. The minimum absolute atomic E-state index is 0.0513. The number of aromatic nitrogens is 1. The Hall–Kier alpha value is -1.29. The third-order valence-corrected chi connectivity index (χ3v) is 4.78. The summed E-state index contributed by atoms with van der Waals surface area (Å²) in [4.78, 5) is 15.9. The van der Waals surface area contributed by atoms with Crippen molar-refractivity contribution in [3.05, 3.63) is 51.2 Å². The molecule has 0 atom stereocenters. The molecule has 0 spiro atoms. The average Bonchev–Trinajstić information content (AvgIpc) is 2.37. The Kier molecular flexibility index (Phi) is 4.77. The number of carbonyl (C=O) groups excluding carboxylic acids is 1. The first-order valence-electron chi connectivity index (χ1n) is 5.51. The maximum absolute atomic E-state index is 12.0. The van der Waals surface area contributed by atoms with Crippen LogP contribution in [-0.4, -0.2) is 19.3 Å². The highest BCUT2D eigenvalue weighted by molar-refractivity contribution is 9.10. The van der Waals surface area contributed by atoms with Gasteiger partial charge in [-0.1, -0.05) is 0 Å². The summed E-state index contributed by atoms with van der Waals surface area (Å²) < 4.78 is 23.5. The fourth-order valence-electron chi connectivity index (χ4n) is 1.55. The predicted octanol–water partition coefficient (Wildman–Crippen LogP) is 2.51. The van der Waals surface area contributed by atoms with Crippen LogP contribution in [0.15, 0.2) is 50.5 Å². The number of nitrogens with zero attached hydrogens (tertiary/aromatic N) is 1. The van der Waals surface area contributed by atoms with E-state index in [4.69, 9.17) is 5.14 Å². The lowest BCUT2D eigenvalue weighted by Gasteiger charge is -2.08. The summed E-state index contributed by atoms with van der Waals surface area (Å²) in [7, 11) is -3.81.